The Morgan fingerprint density at radius 2 is 2.27 bits per heavy atom. The van der Waals surface area contributed by atoms with E-state index in [4.69, 9.17) is 15.9 Å². The predicted octanol–water partition coefficient (Wildman–Crippen LogP) is -0.221. The largest absolute Gasteiger partial charge is 0.506 e. The zero-order chi connectivity index (χ0) is 8.27. The van der Waals surface area contributed by atoms with Crippen LogP contribution in [0.15, 0.2) is 18.5 Å². The third-order valence-corrected chi connectivity index (χ3v) is 1.37. The average molecular weight is 154 g/mol. The summed E-state index contributed by atoms with van der Waals surface area (Å²) in [6.45, 7) is -0.148. The zero-order valence-corrected chi connectivity index (χ0v) is 5.94. The Morgan fingerprint density at radius 3 is 2.82 bits per heavy atom. The lowest BCUT2D eigenvalue weighted by Crippen LogP contribution is -2.14. The monoisotopic (exact) mass is 154 g/mol. The molecule has 0 fully saturated rings. The van der Waals surface area contributed by atoms with Gasteiger partial charge in [0.25, 0.3) is 0 Å². The molecule has 1 unspecified atom stereocenters. The van der Waals surface area contributed by atoms with Gasteiger partial charge in [-0.15, -0.1) is 0 Å². The second-order valence-electron chi connectivity index (χ2n) is 2.27. The minimum Gasteiger partial charge on any atom is -0.506 e. The van der Waals surface area contributed by atoms with Crippen molar-refractivity contribution in [3.05, 3.63) is 24.0 Å². The number of rotatable bonds is 2. The van der Waals surface area contributed by atoms with Crippen molar-refractivity contribution in [1.82, 2.24) is 4.98 Å². The highest BCUT2D eigenvalue weighted by Gasteiger charge is 2.04. The first kappa shape index (κ1) is 7.97. The lowest BCUT2D eigenvalue weighted by molar-refractivity contribution is 0.267. The molecule has 11 heavy (non-hydrogen) atoms. The fraction of sp³-hybridized carbons (Fsp3) is 0.286. The highest BCUT2D eigenvalue weighted by Crippen LogP contribution is 2.13. The number of aliphatic hydroxyl groups is 1. The molecular weight excluding hydrogens is 144 g/mol. The van der Waals surface area contributed by atoms with E-state index in [-0.39, 0.29) is 12.4 Å². The molecule has 0 aromatic carbocycles. The molecular formula is C7H10N2O2. The van der Waals surface area contributed by atoms with Crippen molar-refractivity contribution >= 4 is 0 Å². The summed E-state index contributed by atoms with van der Waals surface area (Å²) in [6.07, 6.45) is 2.83. The fourth-order valence-corrected chi connectivity index (χ4v) is 0.753. The van der Waals surface area contributed by atoms with Gasteiger partial charge in [0, 0.05) is 6.20 Å². The van der Waals surface area contributed by atoms with Crippen LogP contribution in [0.1, 0.15) is 11.6 Å². The number of nitrogens with two attached hydrogens (primary N) is 1. The van der Waals surface area contributed by atoms with Gasteiger partial charge in [-0.3, -0.25) is 4.98 Å². The quantitative estimate of drug-likeness (QED) is 0.550. The van der Waals surface area contributed by atoms with Crippen molar-refractivity contribution in [3.63, 3.8) is 0 Å². The summed E-state index contributed by atoms with van der Waals surface area (Å²) in [5.41, 5.74) is 6.09. The number of hydrogen-bond donors (Lipinski definition) is 3. The van der Waals surface area contributed by atoms with Crippen LogP contribution in [0.4, 0.5) is 0 Å². The van der Waals surface area contributed by atoms with Gasteiger partial charge >= 0.3 is 0 Å². The van der Waals surface area contributed by atoms with Crippen LogP contribution in [0, 0.1) is 0 Å². The second kappa shape index (κ2) is 3.32. The molecule has 0 aliphatic heterocycles. The number of aliphatic hydroxyl groups excluding tert-OH is 1. The Bertz CT molecular complexity index is 240. The van der Waals surface area contributed by atoms with Crippen LogP contribution >= 0.6 is 0 Å². The maximum atomic E-state index is 8.96. The topological polar surface area (TPSA) is 79.4 Å². The summed E-state index contributed by atoms with van der Waals surface area (Å²) in [5, 5.41) is 17.6. The first-order valence-electron chi connectivity index (χ1n) is 3.24. The molecule has 0 amide bonds. The molecule has 1 heterocycles. The molecule has 4 nitrogen and oxygen atoms in total. The highest BCUT2D eigenvalue weighted by atomic mass is 16.3. The van der Waals surface area contributed by atoms with Crippen LogP contribution in [-0.4, -0.2) is 21.8 Å². The average Bonchev–Trinajstić information content (AvgIpc) is 2.03. The lowest BCUT2D eigenvalue weighted by atomic mass is 10.1. The molecule has 1 aromatic rings. The first-order valence-corrected chi connectivity index (χ1v) is 3.24. The van der Waals surface area contributed by atoms with Crippen molar-refractivity contribution in [2.45, 2.75) is 6.04 Å². The van der Waals surface area contributed by atoms with Gasteiger partial charge in [0.15, 0.2) is 0 Å². The van der Waals surface area contributed by atoms with E-state index in [9.17, 15) is 0 Å². The molecule has 0 saturated heterocycles. The minimum atomic E-state index is -0.463. The number of nitrogens with zero attached hydrogens (tertiary/aromatic N) is 1. The van der Waals surface area contributed by atoms with Crippen molar-refractivity contribution < 1.29 is 10.2 Å². The molecule has 0 radical (unpaired) electrons. The summed E-state index contributed by atoms with van der Waals surface area (Å²) >= 11 is 0. The van der Waals surface area contributed by atoms with Crippen LogP contribution in [0.2, 0.25) is 0 Å². The number of hydrogen-bond acceptors (Lipinski definition) is 4. The predicted molar refractivity (Wildman–Crippen MR) is 39.9 cm³/mol. The summed E-state index contributed by atoms with van der Waals surface area (Å²) in [5.74, 6) is 0.0615. The maximum Gasteiger partial charge on any atom is 0.134 e. The molecule has 4 N–H and O–H groups in total. The Hall–Kier alpha value is -1.13. The van der Waals surface area contributed by atoms with Gasteiger partial charge in [0.1, 0.15) is 5.75 Å². The fourth-order valence-electron chi connectivity index (χ4n) is 0.753. The van der Waals surface area contributed by atoms with Crippen molar-refractivity contribution in [2.24, 2.45) is 5.73 Å². The second-order valence-corrected chi connectivity index (χ2v) is 2.27. The SMILES string of the molecule is NC(CO)c1cncc(O)c1. The minimum absolute atomic E-state index is 0.0615. The van der Waals surface area contributed by atoms with E-state index < -0.39 is 6.04 Å². The molecule has 1 atom stereocenters. The molecule has 0 saturated carbocycles. The van der Waals surface area contributed by atoms with E-state index >= 15 is 0 Å². The van der Waals surface area contributed by atoms with E-state index in [2.05, 4.69) is 4.98 Å². The van der Waals surface area contributed by atoms with Gasteiger partial charge < -0.3 is 15.9 Å². The van der Waals surface area contributed by atoms with E-state index in [1.165, 1.54) is 18.5 Å². The lowest BCUT2D eigenvalue weighted by Gasteiger charge is -2.06. The number of aromatic nitrogens is 1. The highest BCUT2D eigenvalue weighted by molar-refractivity contribution is 5.24. The zero-order valence-electron chi connectivity index (χ0n) is 5.94. The van der Waals surface area contributed by atoms with Gasteiger partial charge in [-0.25, -0.2) is 0 Å². The van der Waals surface area contributed by atoms with E-state index in [0.717, 1.165) is 0 Å². The molecule has 0 spiro atoms. The van der Waals surface area contributed by atoms with Crippen molar-refractivity contribution in [3.8, 4) is 5.75 Å². The summed E-state index contributed by atoms with van der Waals surface area (Å²) in [7, 11) is 0. The van der Waals surface area contributed by atoms with Crippen LogP contribution in [0.5, 0.6) is 5.75 Å². The Labute approximate surface area is 64.3 Å². The summed E-state index contributed by atoms with van der Waals surface area (Å²) < 4.78 is 0. The third kappa shape index (κ3) is 1.89. The molecule has 0 bridgehead atoms. The van der Waals surface area contributed by atoms with Crippen molar-refractivity contribution in [1.29, 1.82) is 0 Å². The molecule has 0 aliphatic rings. The number of aromatic hydroxyl groups is 1. The number of pyridine rings is 1. The van der Waals surface area contributed by atoms with E-state index in [1.807, 2.05) is 0 Å². The molecule has 4 heteroatoms. The Kier molecular flexibility index (Phi) is 2.40. The Balaban J connectivity index is 2.86. The van der Waals surface area contributed by atoms with Gasteiger partial charge in [0.2, 0.25) is 0 Å². The van der Waals surface area contributed by atoms with E-state index in [0.29, 0.717) is 5.56 Å². The van der Waals surface area contributed by atoms with Crippen molar-refractivity contribution in [2.75, 3.05) is 6.61 Å². The van der Waals surface area contributed by atoms with Gasteiger partial charge in [-0.2, -0.15) is 0 Å². The standard InChI is InChI=1S/C7H10N2O2/c8-7(4-10)5-1-6(11)3-9-2-5/h1-3,7,10-11H,4,8H2. The van der Waals surface area contributed by atoms with Gasteiger partial charge in [-0.05, 0) is 11.6 Å². The van der Waals surface area contributed by atoms with Crippen LogP contribution in [0.3, 0.4) is 0 Å². The third-order valence-electron chi connectivity index (χ3n) is 1.37. The van der Waals surface area contributed by atoms with Gasteiger partial charge in [-0.1, -0.05) is 0 Å². The normalized spacial score (nSPS) is 12.9. The molecule has 1 aromatic heterocycles. The summed E-state index contributed by atoms with van der Waals surface area (Å²) in [6, 6.07) is 1.02. The van der Waals surface area contributed by atoms with Gasteiger partial charge in [0.05, 0.1) is 18.8 Å². The smallest absolute Gasteiger partial charge is 0.134 e. The van der Waals surface area contributed by atoms with Crippen LogP contribution in [0.25, 0.3) is 0 Å². The van der Waals surface area contributed by atoms with E-state index in [1.54, 1.807) is 0 Å². The maximum absolute atomic E-state index is 8.96. The first-order chi connectivity index (χ1) is 5.24. The molecule has 60 valence electrons. The summed E-state index contributed by atoms with van der Waals surface area (Å²) in [4.78, 5) is 3.71. The van der Waals surface area contributed by atoms with Crippen LogP contribution in [-0.2, 0) is 0 Å². The molecule has 0 aliphatic carbocycles. The van der Waals surface area contributed by atoms with Crippen LogP contribution < -0.4 is 5.73 Å². The molecule has 1 rings (SSSR count). The Morgan fingerprint density at radius 1 is 1.55 bits per heavy atom.